The van der Waals surface area contributed by atoms with E-state index in [0.717, 1.165) is 37.3 Å². The first-order chi connectivity index (χ1) is 9.47. The van der Waals surface area contributed by atoms with E-state index in [1.54, 1.807) is 6.07 Å². The first-order valence-corrected chi connectivity index (χ1v) is 6.69. The number of carboxylic acids is 1. The lowest BCUT2D eigenvalue weighted by atomic mass is 10.0. The smallest absolute Gasteiger partial charge is 0.337 e. The minimum absolute atomic E-state index is 0.00330. The number of anilines is 1. The minimum Gasteiger partial charge on any atom is -0.478 e. The average molecular weight is 277 g/mol. The van der Waals surface area contributed by atoms with Gasteiger partial charge in [-0.1, -0.05) is 0 Å². The number of pyridine rings is 1. The molecule has 108 valence electrons. The molecule has 1 saturated heterocycles. The van der Waals surface area contributed by atoms with E-state index in [-0.39, 0.29) is 17.5 Å². The van der Waals surface area contributed by atoms with Crippen LogP contribution in [-0.4, -0.2) is 41.1 Å². The molecule has 0 spiro atoms. The third-order valence-electron chi connectivity index (χ3n) is 3.50. The van der Waals surface area contributed by atoms with Crippen molar-refractivity contribution in [1.82, 2.24) is 10.3 Å². The summed E-state index contributed by atoms with van der Waals surface area (Å²) >= 11 is 0. The summed E-state index contributed by atoms with van der Waals surface area (Å²) in [5.74, 6) is -0.128. The number of carbonyl (C=O) groups excluding carboxylic acids is 1. The maximum atomic E-state index is 11.0. The normalized spacial score (nSPS) is 16.0. The Hall–Kier alpha value is -2.11. The average Bonchev–Trinajstić information content (AvgIpc) is 2.39. The molecule has 1 aliphatic rings. The van der Waals surface area contributed by atoms with Crippen LogP contribution in [0.4, 0.5) is 5.82 Å². The number of aromatic nitrogens is 1. The minimum atomic E-state index is -0.962. The van der Waals surface area contributed by atoms with Crippen LogP contribution in [-0.2, 0) is 4.79 Å². The molecular formula is C14H19N3O3. The fourth-order valence-corrected chi connectivity index (χ4v) is 2.54. The Morgan fingerprint density at radius 1 is 1.40 bits per heavy atom. The van der Waals surface area contributed by atoms with Crippen LogP contribution in [0.25, 0.3) is 0 Å². The number of piperidine rings is 1. The number of rotatable bonds is 3. The number of carboxylic acid groups (broad SMARTS) is 1. The van der Waals surface area contributed by atoms with Crippen molar-refractivity contribution in [2.75, 3.05) is 18.0 Å². The molecule has 0 aromatic carbocycles. The lowest BCUT2D eigenvalue weighted by Gasteiger charge is -2.33. The number of hydrogen-bond donors (Lipinski definition) is 2. The predicted octanol–water partition coefficient (Wildman–Crippen LogP) is 1.19. The van der Waals surface area contributed by atoms with Gasteiger partial charge in [-0.3, -0.25) is 4.79 Å². The largest absolute Gasteiger partial charge is 0.478 e. The number of amides is 1. The third-order valence-corrected chi connectivity index (χ3v) is 3.50. The van der Waals surface area contributed by atoms with Gasteiger partial charge in [0, 0.05) is 32.3 Å². The van der Waals surface area contributed by atoms with Crippen molar-refractivity contribution in [3.63, 3.8) is 0 Å². The van der Waals surface area contributed by atoms with Gasteiger partial charge in [-0.25, -0.2) is 9.78 Å². The van der Waals surface area contributed by atoms with Crippen LogP contribution in [0.15, 0.2) is 12.3 Å². The summed E-state index contributed by atoms with van der Waals surface area (Å²) in [4.78, 5) is 28.3. The number of nitrogens with one attached hydrogen (secondary N) is 1. The zero-order valence-electron chi connectivity index (χ0n) is 11.7. The number of hydrogen-bond acceptors (Lipinski definition) is 4. The molecule has 1 aromatic rings. The second-order valence-corrected chi connectivity index (χ2v) is 5.13. The van der Waals surface area contributed by atoms with Crippen LogP contribution >= 0.6 is 0 Å². The van der Waals surface area contributed by atoms with E-state index in [0.29, 0.717) is 0 Å². The molecule has 0 bridgehead atoms. The van der Waals surface area contributed by atoms with Crippen molar-refractivity contribution in [2.24, 2.45) is 0 Å². The highest BCUT2D eigenvalue weighted by atomic mass is 16.4. The fraction of sp³-hybridized carbons (Fsp3) is 0.500. The number of carbonyl (C=O) groups is 2. The van der Waals surface area contributed by atoms with Gasteiger partial charge in [0.15, 0.2) is 0 Å². The Bertz CT molecular complexity index is 522. The molecule has 0 saturated carbocycles. The van der Waals surface area contributed by atoms with E-state index in [4.69, 9.17) is 5.11 Å². The SMILES string of the molecule is CC(=O)NC1CCN(c2ncc(C(=O)O)cc2C)CC1. The quantitative estimate of drug-likeness (QED) is 0.867. The summed E-state index contributed by atoms with van der Waals surface area (Å²) in [6.07, 6.45) is 3.15. The fourth-order valence-electron chi connectivity index (χ4n) is 2.54. The molecule has 0 atom stereocenters. The molecule has 2 rings (SSSR count). The lowest BCUT2D eigenvalue weighted by molar-refractivity contribution is -0.119. The van der Waals surface area contributed by atoms with Crippen LogP contribution in [0, 0.1) is 6.92 Å². The van der Waals surface area contributed by atoms with Crippen LogP contribution in [0.3, 0.4) is 0 Å². The van der Waals surface area contributed by atoms with Gasteiger partial charge < -0.3 is 15.3 Å². The van der Waals surface area contributed by atoms with Gasteiger partial charge >= 0.3 is 5.97 Å². The van der Waals surface area contributed by atoms with Crippen LogP contribution in [0.5, 0.6) is 0 Å². The van der Waals surface area contributed by atoms with Crippen molar-refractivity contribution in [2.45, 2.75) is 32.7 Å². The summed E-state index contributed by atoms with van der Waals surface area (Å²) in [5.41, 5.74) is 1.07. The van der Waals surface area contributed by atoms with Crippen LogP contribution in [0.1, 0.15) is 35.7 Å². The maximum Gasteiger partial charge on any atom is 0.337 e. The Morgan fingerprint density at radius 3 is 2.55 bits per heavy atom. The van der Waals surface area contributed by atoms with Crippen molar-refractivity contribution >= 4 is 17.7 Å². The van der Waals surface area contributed by atoms with Crippen molar-refractivity contribution in [3.8, 4) is 0 Å². The first-order valence-electron chi connectivity index (χ1n) is 6.69. The van der Waals surface area contributed by atoms with E-state index in [9.17, 15) is 9.59 Å². The van der Waals surface area contributed by atoms with E-state index in [1.807, 2.05) is 6.92 Å². The highest BCUT2D eigenvalue weighted by Gasteiger charge is 2.22. The molecule has 1 amide bonds. The van der Waals surface area contributed by atoms with Gasteiger partial charge in [-0.05, 0) is 31.4 Å². The molecule has 6 heteroatoms. The molecule has 0 unspecified atom stereocenters. The van der Waals surface area contributed by atoms with Crippen molar-refractivity contribution < 1.29 is 14.7 Å². The summed E-state index contributed by atoms with van der Waals surface area (Å²) in [5, 5.41) is 11.9. The third kappa shape index (κ3) is 3.26. The van der Waals surface area contributed by atoms with Gasteiger partial charge in [0.1, 0.15) is 5.82 Å². The van der Waals surface area contributed by atoms with Gasteiger partial charge in [0.2, 0.25) is 5.91 Å². The molecule has 20 heavy (non-hydrogen) atoms. The maximum absolute atomic E-state index is 11.0. The summed E-state index contributed by atoms with van der Waals surface area (Å²) in [6, 6.07) is 1.87. The number of aromatic carboxylic acids is 1. The van der Waals surface area contributed by atoms with E-state index in [1.165, 1.54) is 13.1 Å². The first kappa shape index (κ1) is 14.3. The highest BCUT2D eigenvalue weighted by molar-refractivity contribution is 5.87. The Kier molecular flexibility index (Phi) is 4.22. The van der Waals surface area contributed by atoms with E-state index >= 15 is 0 Å². The highest BCUT2D eigenvalue weighted by Crippen LogP contribution is 2.22. The van der Waals surface area contributed by atoms with Gasteiger partial charge in [0.25, 0.3) is 0 Å². The molecule has 2 heterocycles. The van der Waals surface area contributed by atoms with E-state index < -0.39 is 5.97 Å². The number of aryl methyl sites for hydroxylation is 1. The molecule has 1 aromatic heterocycles. The molecule has 1 fully saturated rings. The second-order valence-electron chi connectivity index (χ2n) is 5.13. The zero-order valence-corrected chi connectivity index (χ0v) is 11.7. The summed E-state index contributed by atoms with van der Waals surface area (Å²) in [7, 11) is 0. The lowest BCUT2D eigenvalue weighted by Crippen LogP contribution is -2.44. The summed E-state index contributed by atoms with van der Waals surface area (Å²) < 4.78 is 0. The van der Waals surface area contributed by atoms with Crippen LogP contribution in [0.2, 0.25) is 0 Å². The molecule has 0 radical (unpaired) electrons. The van der Waals surface area contributed by atoms with Gasteiger partial charge in [-0.2, -0.15) is 0 Å². The monoisotopic (exact) mass is 277 g/mol. The molecule has 1 aliphatic heterocycles. The van der Waals surface area contributed by atoms with Gasteiger partial charge in [-0.15, -0.1) is 0 Å². The standard InChI is InChI=1S/C14H19N3O3/c1-9-7-11(14(19)20)8-15-13(9)17-5-3-12(4-6-17)16-10(2)18/h7-8,12H,3-6H2,1-2H3,(H,16,18)(H,19,20). The summed E-state index contributed by atoms with van der Waals surface area (Å²) in [6.45, 7) is 5.02. The van der Waals surface area contributed by atoms with Crippen molar-refractivity contribution in [1.29, 1.82) is 0 Å². The Labute approximate surface area is 117 Å². The molecular weight excluding hydrogens is 258 g/mol. The zero-order chi connectivity index (χ0) is 14.7. The second kappa shape index (κ2) is 5.90. The Morgan fingerprint density at radius 2 is 2.05 bits per heavy atom. The molecule has 0 aliphatic carbocycles. The molecule has 2 N–H and O–H groups in total. The predicted molar refractivity (Wildman–Crippen MR) is 75.0 cm³/mol. The van der Waals surface area contributed by atoms with E-state index in [2.05, 4.69) is 15.2 Å². The van der Waals surface area contributed by atoms with Crippen molar-refractivity contribution in [3.05, 3.63) is 23.4 Å². The van der Waals surface area contributed by atoms with Crippen LogP contribution < -0.4 is 10.2 Å². The van der Waals surface area contributed by atoms with Gasteiger partial charge in [0.05, 0.1) is 5.56 Å². The Balaban J connectivity index is 2.03. The topological polar surface area (TPSA) is 82.5 Å². The number of nitrogens with zero attached hydrogens (tertiary/aromatic N) is 2. The molecule has 6 nitrogen and oxygen atoms in total.